The lowest BCUT2D eigenvalue weighted by Crippen LogP contribution is -2.15. The number of hydrogen-bond donors (Lipinski definition) is 1. The number of nitrogens with one attached hydrogen (secondary N) is 1. The third-order valence-electron chi connectivity index (χ3n) is 2.96. The van der Waals surface area contributed by atoms with E-state index in [9.17, 15) is 0 Å². The van der Waals surface area contributed by atoms with Crippen LogP contribution in [0.2, 0.25) is 0 Å². The topological polar surface area (TPSA) is 51.0 Å². The molecule has 4 heteroatoms. The SMILES string of the molecule is CCC(NC)c1nnc(-c2cc(C)cc(C)c2)o1. The maximum absolute atomic E-state index is 5.74. The van der Waals surface area contributed by atoms with Crippen molar-refractivity contribution in [2.24, 2.45) is 0 Å². The molecule has 0 radical (unpaired) electrons. The number of aryl methyl sites for hydroxylation is 2. The molecule has 1 heterocycles. The molecule has 4 nitrogen and oxygen atoms in total. The second-order valence-electron chi connectivity index (χ2n) is 4.57. The maximum atomic E-state index is 5.74. The smallest absolute Gasteiger partial charge is 0.247 e. The van der Waals surface area contributed by atoms with E-state index in [-0.39, 0.29) is 6.04 Å². The van der Waals surface area contributed by atoms with E-state index >= 15 is 0 Å². The number of rotatable bonds is 4. The van der Waals surface area contributed by atoms with Gasteiger partial charge in [-0.1, -0.05) is 24.1 Å². The molecule has 1 N–H and O–H groups in total. The van der Waals surface area contributed by atoms with E-state index in [0.29, 0.717) is 11.8 Å². The van der Waals surface area contributed by atoms with E-state index in [1.165, 1.54) is 11.1 Å². The van der Waals surface area contributed by atoms with Crippen LogP contribution in [0.25, 0.3) is 11.5 Å². The van der Waals surface area contributed by atoms with Crippen molar-refractivity contribution < 1.29 is 4.42 Å². The summed E-state index contributed by atoms with van der Waals surface area (Å²) in [6.45, 7) is 6.22. The molecular formula is C14H19N3O. The van der Waals surface area contributed by atoms with Crippen molar-refractivity contribution >= 4 is 0 Å². The largest absolute Gasteiger partial charge is 0.419 e. The summed E-state index contributed by atoms with van der Waals surface area (Å²) in [5.41, 5.74) is 3.38. The van der Waals surface area contributed by atoms with Crippen LogP contribution in [0.5, 0.6) is 0 Å². The standard InChI is InChI=1S/C14H19N3O/c1-5-12(15-4)14-17-16-13(18-14)11-7-9(2)6-10(3)8-11/h6-8,12,15H,5H2,1-4H3. The number of hydrogen-bond acceptors (Lipinski definition) is 4. The average Bonchev–Trinajstić information content (AvgIpc) is 2.79. The first-order valence-corrected chi connectivity index (χ1v) is 6.23. The molecule has 1 atom stereocenters. The Bertz CT molecular complexity index is 509. The third kappa shape index (κ3) is 2.59. The maximum Gasteiger partial charge on any atom is 0.247 e. The Kier molecular flexibility index (Phi) is 3.77. The van der Waals surface area contributed by atoms with Gasteiger partial charge in [0.15, 0.2) is 0 Å². The van der Waals surface area contributed by atoms with Crippen LogP contribution in [0.4, 0.5) is 0 Å². The molecule has 1 aromatic carbocycles. The van der Waals surface area contributed by atoms with Crippen molar-refractivity contribution in [2.75, 3.05) is 7.05 Å². The molecule has 0 aliphatic rings. The molecule has 1 unspecified atom stereocenters. The van der Waals surface area contributed by atoms with E-state index in [0.717, 1.165) is 12.0 Å². The quantitative estimate of drug-likeness (QED) is 0.899. The van der Waals surface area contributed by atoms with Gasteiger partial charge < -0.3 is 9.73 Å². The minimum Gasteiger partial charge on any atom is -0.419 e. The van der Waals surface area contributed by atoms with Gasteiger partial charge in [-0.25, -0.2) is 0 Å². The Morgan fingerprint density at radius 3 is 2.39 bits per heavy atom. The monoisotopic (exact) mass is 245 g/mol. The highest BCUT2D eigenvalue weighted by molar-refractivity contribution is 5.55. The molecule has 2 aromatic rings. The minimum absolute atomic E-state index is 0.122. The van der Waals surface area contributed by atoms with Crippen molar-refractivity contribution in [1.29, 1.82) is 0 Å². The zero-order chi connectivity index (χ0) is 13.1. The summed E-state index contributed by atoms with van der Waals surface area (Å²) >= 11 is 0. The summed E-state index contributed by atoms with van der Waals surface area (Å²) in [7, 11) is 1.90. The molecule has 0 fully saturated rings. The molecule has 96 valence electrons. The fourth-order valence-corrected chi connectivity index (χ4v) is 2.09. The van der Waals surface area contributed by atoms with E-state index in [4.69, 9.17) is 4.42 Å². The van der Waals surface area contributed by atoms with Crippen LogP contribution in [0, 0.1) is 13.8 Å². The first-order valence-electron chi connectivity index (χ1n) is 6.23. The van der Waals surface area contributed by atoms with Gasteiger partial charge in [0.2, 0.25) is 11.8 Å². The van der Waals surface area contributed by atoms with Crippen LogP contribution in [-0.4, -0.2) is 17.2 Å². The first-order chi connectivity index (χ1) is 8.63. The van der Waals surface area contributed by atoms with Gasteiger partial charge in [-0.05, 0) is 39.4 Å². The van der Waals surface area contributed by atoms with Gasteiger partial charge in [0.25, 0.3) is 0 Å². The van der Waals surface area contributed by atoms with Gasteiger partial charge in [0.1, 0.15) is 0 Å². The van der Waals surface area contributed by atoms with Crippen LogP contribution in [-0.2, 0) is 0 Å². The zero-order valence-electron chi connectivity index (χ0n) is 11.3. The molecule has 18 heavy (non-hydrogen) atoms. The Balaban J connectivity index is 2.34. The molecule has 0 saturated carbocycles. The van der Waals surface area contributed by atoms with Crippen molar-refractivity contribution in [1.82, 2.24) is 15.5 Å². The molecule has 0 saturated heterocycles. The van der Waals surface area contributed by atoms with Gasteiger partial charge in [-0.2, -0.15) is 0 Å². The number of nitrogens with zero attached hydrogens (tertiary/aromatic N) is 2. The fraction of sp³-hybridized carbons (Fsp3) is 0.429. The van der Waals surface area contributed by atoms with Crippen molar-refractivity contribution in [3.8, 4) is 11.5 Å². The van der Waals surface area contributed by atoms with Crippen LogP contribution in [0.15, 0.2) is 22.6 Å². The van der Waals surface area contributed by atoms with Gasteiger partial charge >= 0.3 is 0 Å². The molecule has 0 aliphatic carbocycles. The summed E-state index contributed by atoms with van der Waals surface area (Å²) in [4.78, 5) is 0. The van der Waals surface area contributed by atoms with E-state index in [1.807, 2.05) is 7.05 Å². The molecule has 2 rings (SSSR count). The number of aromatic nitrogens is 2. The summed E-state index contributed by atoms with van der Waals surface area (Å²) < 4.78 is 5.74. The zero-order valence-corrected chi connectivity index (χ0v) is 11.3. The fourth-order valence-electron chi connectivity index (χ4n) is 2.09. The molecule has 0 aliphatic heterocycles. The van der Waals surface area contributed by atoms with Crippen LogP contribution < -0.4 is 5.32 Å². The van der Waals surface area contributed by atoms with Crippen molar-refractivity contribution in [3.05, 3.63) is 35.2 Å². The first kappa shape index (κ1) is 12.8. The lowest BCUT2D eigenvalue weighted by molar-refractivity contribution is 0.415. The third-order valence-corrected chi connectivity index (χ3v) is 2.96. The Morgan fingerprint density at radius 2 is 1.83 bits per heavy atom. The second kappa shape index (κ2) is 5.31. The highest BCUT2D eigenvalue weighted by Crippen LogP contribution is 2.23. The molecule has 0 amide bonds. The molecular weight excluding hydrogens is 226 g/mol. The average molecular weight is 245 g/mol. The summed E-state index contributed by atoms with van der Waals surface area (Å²) in [5, 5.41) is 11.4. The summed E-state index contributed by atoms with van der Waals surface area (Å²) in [5.74, 6) is 1.24. The van der Waals surface area contributed by atoms with E-state index in [1.54, 1.807) is 0 Å². The lowest BCUT2D eigenvalue weighted by atomic mass is 10.1. The van der Waals surface area contributed by atoms with Gasteiger partial charge in [0, 0.05) is 5.56 Å². The molecule has 0 bridgehead atoms. The van der Waals surface area contributed by atoms with Gasteiger partial charge in [-0.15, -0.1) is 10.2 Å². The van der Waals surface area contributed by atoms with E-state index < -0.39 is 0 Å². The highest BCUT2D eigenvalue weighted by Gasteiger charge is 2.15. The lowest BCUT2D eigenvalue weighted by Gasteiger charge is -2.07. The number of benzene rings is 1. The van der Waals surface area contributed by atoms with Crippen molar-refractivity contribution in [3.63, 3.8) is 0 Å². The highest BCUT2D eigenvalue weighted by atomic mass is 16.4. The minimum atomic E-state index is 0.122. The summed E-state index contributed by atoms with van der Waals surface area (Å²) in [6.07, 6.45) is 0.922. The van der Waals surface area contributed by atoms with Crippen molar-refractivity contribution in [2.45, 2.75) is 33.2 Å². The predicted molar refractivity (Wildman–Crippen MR) is 71.3 cm³/mol. The van der Waals surface area contributed by atoms with Crippen LogP contribution >= 0.6 is 0 Å². The predicted octanol–water partition coefficient (Wildman–Crippen LogP) is 3.02. The normalized spacial score (nSPS) is 12.7. The second-order valence-corrected chi connectivity index (χ2v) is 4.57. The Labute approximate surface area is 107 Å². The van der Waals surface area contributed by atoms with E-state index in [2.05, 4.69) is 54.5 Å². The van der Waals surface area contributed by atoms with Crippen LogP contribution in [0.3, 0.4) is 0 Å². The summed E-state index contributed by atoms with van der Waals surface area (Å²) in [6, 6.07) is 6.37. The molecule has 1 aromatic heterocycles. The molecule has 0 spiro atoms. The van der Waals surface area contributed by atoms with Gasteiger partial charge in [0.05, 0.1) is 6.04 Å². The Morgan fingerprint density at radius 1 is 1.17 bits per heavy atom. The van der Waals surface area contributed by atoms with Gasteiger partial charge in [-0.3, -0.25) is 0 Å². The van der Waals surface area contributed by atoms with Crippen LogP contribution in [0.1, 0.15) is 36.4 Å². The Hall–Kier alpha value is -1.68.